The van der Waals surface area contributed by atoms with Gasteiger partial charge in [0.2, 0.25) is 0 Å². The summed E-state index contributed by atoms with van der Waals surface area (Å²) in [6, 6.07) is 11.2. The van der Waals surface area contributed by atoms with Gasteiger partial charge in [-0.2, -0.15) is 0 Å². The molecule has 0 aliphatic carbocycles. The fourth-order valence-corrected chi connectivity index (χ4v) is 2.64. The zero-order valence-electron chi connectivity index (χ0n) is 14.3. The first-order chi connectivity index (χ1) is 10.9. The first-order valence-electron chi connectivity index (χ1n) is 7.55. The predicted octanol–water partition coefficient (Wildman–Crippen LogP) is 3.81. The van der Waals surface area contributed by atoms with Crippen LogP contribution in [0.25, 0.3) is 0 Å². The van der Waals surface area contributed by atoms with E-state index in [0.29, 0.717) is 5.56 Å². The summed E-state index contributed by atoms with van der Waals surface area (Å²) in [5.41, 5.74) is 3.68. The Labute approximate surface area is 137 Å². The van der Waals surface area contributed by atoms with Gasteiger partial charge in [0.1, 0.15) is 11.5 Å². The Morgan fingerprint density at radius 3 is 2.22 bits per heavy atom. The van der Waals surface area contributed by atoms with Crippen molar-refractivity contribution in [2.24, 2.45) is 0 Å². The number of rotatable bonds is 5. The van der Waals surface area contributed by atoms with Gasteiger partial charge in [-0.25, -0.2) is 0 Å². The average molecular weight is 313 g/mol. The van der Waals surface area contributed by atoms with Crippen LogP contribution >= 0.6 is 0 Å². The topological polar surface area (TPSA) is 47.6 Å². The second-order valence-corrected chi connectivity index (χ2v) is 5.68. The number of aryl methyl sites for hydroxylation is 2. The molecule has 0 fully saturated rings. The molecule has 2 aromatic rings. The Hall–Kier alpha value is -2.49. The normalized spacial score (nSPS) is 11.7. The van der Waals surface area contributed by atoms with E-state index in [1.165, 1.54) is 0 Å². The third-order valence-electron chi connectivity index (χ3n) is 3.73. The number of hydrogen-bond acceptors (Lipinski definition) is 3. The number of nitrogens with one attached hydrogen (secondary N) is 1. The van der Waals surface area contributed by atoms with Gasteiger partial charge < -0.3 is 14.8 Å². The molecule has 0 saturated heterocycles. The summed E-state index contributed by atoms with van der Waals surface area (Å²) in [6.45, 7) is 5.90. The summed E-state index contributed by atoms with van der Waals surface area (Å²) in [4.78, 5) is 12.5. The van der Waals surface area contributed by atoms with Crippen molar-refractivity contribution < 1.29 is 14.3 Å². The zero-order chi connectivity index (χ0) is 17.0. The van der Waals surface area contributed by atoms with Crippen molar-refractivity contribution in [3.63, 3.8) is 0 Å². The molecule has 4 heteroatoms. The average Bonchev–Trinajstić information content (AvgIpc) is 2.53. The quantitative estimate of drug-likeness (QED) is 0.913. The summed E-state index contributed by atoms with van der Waals surface area (Å²) in [7, 11) is 3.23. The number of carbonyl (C=O) groups excluding carboxylic acids is 1. The molecule has 0 heterocycles. The van der Waals surface area contributed by atoms with Crippen LogP contribution in [0.4, 0.5) is 0 Å². The molecular weight excluding hydrogens is 290 g/mol. The molecule has 0 aliphatic rings. The Bertz CT molecular complexity index is 690. The Balaban J connectivity index is 2.24. The van der Waals surface area contributed by atoms with Gasteiger partial charge in [-0.1, -0.05) is 17.2 Å². The van der Waals surface area contributed by atoms with Crippen LogP contribution in [0.2, 0.25) is 0 Å². The molecule has 0 spiro atoms. The van der Waals surface area contributed by atoms with E-state index >= 15 is 0 Å². The number of amides is 1. The van der Waals surface area contributed by atoms with Crippen molar-refractivity contribution in [2.75, 3.05) is 14.2 Å². The molecule has 1 atom stereocenters. The third-order valence-corrected chi connectivity index (χ3v) is 3.73. The van der Waals surface area contributed by atoms with Crippen LogP contribution in [0.3, 0.4) is 0 Å². The van der Waals surface area contributed by atoms with Crippen molar-refractivity contribution in [3.05, 3.63) is 58.7 Å². The highest BCUT2D eigenvalue weighted by Gasteiger charge is 2.16. The molecule has 1 amide bonds. The van der Waals surface area contributed by atoms with Crippen LogP contribution < -0.4 is 14.8 Å². The Kier molecular flexibility index (Phi) is 5.27. The summed E-state index contributed by atoms with van der Waals surface area (Å²) in [5, 5.41) is 3.02. The lowest BCUT2D eigenvalue weighted by molar-refractivity contribution is 0.0939. The van der Waals surface area contributed by atoms with Crippen LogP contribution in [-0.2, 0) is 0 Å². The van der Waals surface area contributed by atoms with Crippen LogP contribution in [0.1, 0.15) is 40.0 Å². The monoisotopic (exact) mass is 313 g/mol. The van der Waals surface area contributed by atoms with Crippen molar-refractivity contribution in [2.45, 2.75) is 26.8 Å². The van der Waals surface area contributed by atoms with E-state index in [4.69, 9.17) is 9.47 Å². The SMILES string of the molecule is COc1ccc(OC)c([C@H](C)NC(=O)c2cc(C)cc(C)c2)c1. The Morgan fingerprint density at radius 2 is 1.65 bits per heavy atom. The number of ether oxygens (including phenoxy) is 2. The smallest absolute Gasteiger partial charge is 0.251 e. The first kappa shape index (κ1) is 16.9. The molecule has 0 bridgehead atoms. The minimum Gasteiger partial charge on any atom is -0.497 e. The van der Waals surface area contributed by atoms with E-state index in [0.717, 1.165) is 28.2 Å². The van der Waals surface area contributed by atoms with Gasteiger partial charge in [-0.15, -0.1) is 0 Å². The second kappa shape index (κ2) is 7.18. The summed E-state index contributed by atoms with van der Waals surface area (Å²) in [6.07, 6.45) is 0. The van der Waals surface area contributed by atoms with Crippen molar-refractivity contribution in [3.8, 4) is 11.5 Å². The van der Waals surface area contributed by atoms with Crippen LogP contribution in [0.5, 0.6) is 11.5 Å². The molecule has 2 rings (SSSR count). The van der Waals surface area contributed by atoms with Gasteiger partial charge in [-0.05, 0) is 51.1 Å². The van der Waals surface area contributed by atoms with Gasteiger partial charge in [-0.3, -0.25) is 4.79 Å². The Morgan fingerprint density at radius 1 is 1.00 bits per heavy atom. The molecule has 23 heavy (non-hydrogen) atoms. The highest BCUT2D eigenvalue weighted by molar-refractivity contribution is 5.94. The van der Waals surface area contributed by atoms with Gasteiger partial charge in [0.05, 0.1) is 20.3 Å². The predicted molar refractivity (Wildman–Crippen MR) is 91.3 cm³/mol. The maximum Gasteiger partial charge on any atom is 0.251 e. The van der Waals surface area contributed by atoms with E-state index in [1.54, 1.807) is 14.2 Å². The fraction of sp³-hybridized carbons (Fsp3) is 0.316. The van der Waals surface area contributed by atoms with Crippen molar-refractivity contribution in [1.29, 1.82) is 0 Å². The number of carbonyl (C=O) groups is 1. The van der Waals surface area contributed by atoms with E-state index in [-0.39, 0.29) is 11.9 Å². The summed E-state index contributed by atoms with van der Waals surface area (Å²) >= 11 is 0. The lowest BCUT2D eigenvalue weighted by Crippen LogP contribution is -2.27. The van der Waals surface area contributed by atoms with Gasteiger partial charge in [0.15, 0.2) is 0 Å². The highest BCUT2D eigenvalue weighted by atomic mass is 16.5. The number of hydrogen-bond donors (Lipinski definition) is 1. The van der Waals surface area contributed by atoms with Crippen molar-refractivity contribution in [1.82, 2.24) is 5.32 Å². The van der Waals surface area contributed by atoms with E-state index in [2.05, 4.69) is 5.32 Å². The molecule has 122 valence electrons. The van der Waals surface area contributed by atoms with Gasteiger partial charge in [0.25, 0.3) is 5.91 Å². The molecule has 0 unspecified atom stereocenters. The molecule has 1 N–H and O–H groups in total. The van der Waals surface area contributed by atoms with Crippen LogP contribution in [0, 0.1) is 13.8 Å². The van der Waals surface area contributed by atoms with Gasteiger partial charge >= 0.3 is 0 Å². The maximum atomic E-state index is 12.5. The molecule has 0 aromatic heterocycles. The van der Waals surface area contributed by atoms with Crippen molar-refractivity contribution >= 4 is 5.91 Å². The van der Waals surface area contributed by atoms with E-state index < -0.39 is 0 Å². The first-order valence-corrected chi connectivity index (χ1v) is 7.55. The lowest BCUT2D eigenvalue weighted by Gasteiger charge is -2.18. The summed E-state index contributed by atoms with van der Waals surface area (Å²) in [5.74, 6) is 1.35. The second-order valence-electron chi connectivity index (χ2n) is 5.68. The third kappa shape index (κ3) is 4.03. The van der Waals surface area contributed by atoms with E-state index in [1.807, 2.05) is 57.2 Å². The largest absolute Gasteiger partial charge is 0.497 e. The highest BCUT2D eigenvalue weighted by Crippen LogP contribution is 2.29. The standard InChI is InChI=1S/C19H23NO3/c1-12-8-13(2)10-15(9-12)19(21)20-14(3)17-11-16(22-4)6-7-18(17)23-5/h6-11,14H,1-5H3,(H,20,21)/t14-/m0/s1. The molecule has 4 nitrogen and oxygen atoms in total. The lowest BCUT2D eigenvalue weighted by atomic mass is 10.0. The molecule has 0 radical (unpaired) electrons. The number of methoxy groups -OCH3 is 2. The minimum atomic E-state index is -0.201. The van der Waals surface area contributed by atoms with E-state index in [9.17, 15) is 4.79 Å². The molecular formula is C19H23NO3. The molecule has 0 aliphatic heterocycles. The van der Waals surface area contributed by atoms with Crippen LogP contribution in [-0.4, -0.2) is 20.1 Å². The summed E-state index contributed by atoms with van der Waals surface area (Å²) < 4.78 is 10.6. The molecule has 0 saturated carbocycles. The molecule has 2 aromatic carbocycles. The fourth-order valence-electron chi connectivity index (χ4n) is 2.64. The number of benzene rings is 2. The zero-order valence-corrected chi connectivity index (χ0v) is 14.3. The van der Waals surface area contributed by atoms with Gasteiger partial charge in [0, 0.05) is 11.1 Å². The maximum absolute atomic E-state index is 12.5. The van der Waals surface area contributed by atoms with Crippen LogP contribution in [0.15, 0.2) is 36.4 Å². The minimum absolute atomic E-state index is 0.103.